The zero-order valence-corrected chi connectivity index (χ0v) is 12.5. The Morgan fingerprint density at radius 2 is 2.12 bits per heavy atom. The van der Waals surface area contributed by atoms with Crippen LogP contribution in [0.5, 0.6) is 0 Å². The van der Waals surface area contributed by atoms with Gasteiger partial charge in [0.05, 0.1) is 10.7 Å². The van der Waals surface area contributed by atoms with Gasteiger partial charge in [0.2, 0.25) is 0 Å². The van der Waals surface area contributed by atoms with Crippen molar-refractivity contribution in [2.24, 2.45) is 5.92 Å². The first-order valence-electron chi connectivity index (χ1n) is 6.30. The van der Waals surface area contributed by atoms with Gasteiger partial charge in [0.25, 0.3) is 0 Å². The molecule has 0 aromatic carbocycles. The molecule has 0 saturated carbocycles. The zero-order chi connectivity index (χ0) is 12.8. The van der Waals surface area contributed by atoms with Gasteiger partial charge >= 0.3 is 0 Å². The zero-order valence-electron chi connectivity index (χ0n) is 11.7. The Morgan fingerprint density at radius 3 is 2.65 bits per heavy atom. The summed E-state index contributed by atoms with van der Waals surface area (Å²) >= 11 is 1.73. The van der Waals surface area contributed by atoms with Crippen LogP contribution in [0.4, 0.5) is 0 Å². The van der Waals surface area contributed by atoms with Gasteiger partial charge in [-0.25, -0.2) is 4.98 Å². The molecule has 0 fully saturated rings. The number of aryl methyl sites for hydroxylation is 1. The summed E-state index contributed by atoms with van der Waals surface area (Å²) in [6.07, 6.45) is 0. The molecule has 1 rings (SSSR count). The van der Waals surface area contributed by atoms with E-state index >= 15 is 0 Å². The summed E-state index contributed by atoms with van der Waals surface area (Å²) in [6.45, 7) is 11.9. The fourth-order valence-corrected chi connectivity index (χ4v) is 2.46. The van der Waals surface area contributed by atoms with Crippen LogP contribution in [-0.2, 0) is 6.54 Å². The predicted molar refractivity (Wildman–Crippen MR) is 75.5 cm³/mol. The first-order valence-corrected chi connectivity index (χ1v) is 7.18. The van der Waals surface area contributed by atoms with Crippen molar-refractivity contribution in [3.05, 3.63) is 16.1 Å². The summed E-state index contributed by atoms with van der Waals surface area (Å²) in [6, 6.07) is 0.573. The van der Waals surface area contributed by atoms with Crippen LogP contribution in [0.25, 0.3) is 0 Å². The Balaban J connectivity index is 2.26. The van der Waals surface area contributed by atoms with Crippen molar-refractivity contribution >= 4 is 11.3 Å². The Labute approximate surface area is 109 Å². The van der Waals surface area contributed by atoms with Gasteiger partial charge in [0.1, 0.15) is 0 Å². The highest BCUT2D eigenvalue weighted by atomic mass is 32.1. The van der Waals surface area contributed by atoms with Crippen LogP contribution < -0.4 is 5.32 Å². The monoisotopic (exact) mass is 255 g/mol. The molecule has 98 valence electrons. The number of rotatable bonds is 7. The summed E-state index contributed by atoms with van der Waals surface area (Å²) in [5, 5.41) is 6.79. The lowest BCUT2D eigenvalue weighted by Gasteiger charge is -2.21. The SMILES string of the molecule is Cc1nc(CN(C)CC(C)CNC(C)C)cs1. The largest absolute Gasteiger partial charge is 0.314 e. The topological polar surface area (TPSA) is 28.2 Å². The van der Waals surface area contributed by atoms with Crippen LogP contribution in [0, 0.1) is 12.8 Å². The van der Waals surface area contributed by atoms with Gasteiger partial charge in [0.15, 0.2) is 0 Å². The minimum absolute atomic E-state index is 0.573. The molecule has 4 heteroatoms. The van der Waals surface area contributed by atoms with E-state index in [1.54, 1.807) is 11.3 Å². The minimum atomic E-state index is 0.573. The van der Waals surface area contributed by atoms with E-state index in [1.807, 2.05) is 0 Å². The van der Waals surface area contributed by atoms with Gasteiger partial charge in [-0.3, -0.25) is 0 Å². The Kier molecular flexibility index (Phi) is 6.09. The molecule has 0 aliphatic carbocycles. The standard InChI is InChI=1S/C13H25N3S/c1-10(2)14-6-11(3)7-16(5)8-13-9-17-12(4)15-13/h9-11,14H,6-8H2,1-5H3. The van der Waals surface area contributed by atoms with Crippen molar-refractivity contribution in [3.8, 4) is 0 Å². The maximum atomic E-state index is 4.49. The van der Waals surface area contributed by atoms with E-state index in [9.17, 15) is 0 Å². The van der Waals surface area contributed by atoms with Crippen molar-refractivity contribution < 1.29 is 0 Å². The van der Waals surface area contributed by atoms with Crippen LogP contribution in [0.15, 0.2) is 5.38 Å². The van der Waals surface area contributed by atoms with Crippen molar-refractivity contribution in [1.82, 2.24) is 15.2 Å². The third-order valence-corrected chi connectivity index (χ3v) is 3.42. The number of hydrogen-bond donors (Lipinski definition) is 1. The Hall–Kier alpha value is -0.450. The van der Waals surface area contributed by atoms with E-state index in [4.69, 9.17) is 0 Å². The average molecular weight is 255 g/mol. The third kappa shape index (κ3) is 6.15. The van der Waals surface area contributed by atoms with Crippen LogP contribution in [0.3, 0.4) is 0 Å². The molecule has 0 saturated heterocycles. The molecule has 0 aliphatic rings. The Bertz CT molecular complexity index is 322. The molecule has 1 heterocycles. The van der Waals surface area contributed by atoms with E-state index in [0.29, 0.717) is 12.0 Å². The summed E-state index contributed by atoms with van der Waals surface area (Å²) in [7, 11) is 2.17. The highest BCUT2D eigenvalue weighted by Gasteiger charge is 2.08. The van der Waals surface area contributed by atoms with Crippen molar-refractivity contribution in [2.45, 2.75) is 40.3 Å². The van der Waals surface area contributed by atoms with E-state index in [0.717, 1.165) is 24.6 Å². The summed E-state index contributed by atoms with van der Waals surface area (Å²) in [4.78, 5) is 6.84. The van der Waals surface area contributed by atoms with E-state index in [-0.39, 0.29) is 0 Å². The molecule has 3 nitrogen and oxygen atoms in total. The lowest BCUT2D eigenvalue weighted by atomic mass is 10.1. The van der Waals surface area contributed by atoms with Gasteiger partial charge < -0.3 is 10.2 Å². The second-order valence-corrected chi connectivity index (χ2v) is 6.28. The number of hydrogen-bond acceptors (Lipinski definition) is 4. The predicted octanol–water partition coefficient (Wildman–Crippen LogP) is 2.52. The van der Waals surface area contributed by atoms with Gasteiger partial charge in [-0.15, -0.1) is 11.3 Å². The summed E-state index contributed by atoms with van der Waals surface area (Å²) < 4.78 is 0. The number of thiazole rings is 1. The number of nitrogens with one attached hydrogen (secondary N) is 1. The quantitative estimate of drug-likeness (QED) is 0.811. The molecular weight excluding hydrogens is 230 g/mol. The molecule has 1 atom stereocenters. The lowest BCUT2D eigenvalue weighted by molar-refractivity contribution is 0.269. The number of nitrogens with zero attached hydrogens (tertiary/aromatic N) is 2. The molecule has 0 amide bonds. The summed E-state index contributed by atoms with van der Waals surface area (Å²) in [5.74, 6) is 0.669. The van der Waals surface area contributed by atoms with Crippen LogP contribution in [-0.4, -0.2) is 36.1 Å². The first kappa shape index (κ1) is 14.6. The average Bonchev–Trinajstić information content (AvgIpc) is 2.60. The highest BCUT2D eigenvalue weighted by molar-refractivity contribution is 7.09. The fraction of sp³-hybridized carbons (Fsp3) is 0.769. The van der Waals surface area contributed by atoms with Crippen molar-refractivity contribution in [2.75, 3.05) is 20.1 Å². The molecule has 0 radical (unpaired) electrons. The van der Waals surface area contributed by atoms with Crippen molar-refractivity contribution in [3.63, 3.8) is 0 Å². The van der Waals surface area contributed by atoms with E-state index in [1.165, 1.54) is 5.69 Å². The van der Waals surface area contributed by atoms with Crippen molar-refractivity contribution in [1.29, 1.82) is 0 Å². The molecule has 17 heavy (non-hydrogen) atoms. The molecule has 0 spiro atoms. The molecule has 1 unspecified atom stereocenters. The second-order valence-electron chi connectivity index (χ2n) is 5.22. The molecule has 1 N–H and O–H groups in total. The fourth-order valence-electron chi connectivity index (χ4n) is 1.86. The van der Waals surface area contributed by atoms with Gasteiger partial charge in [-0.05, 0) is 26.4 Å². The highest BCUT2D eigenvalue weighted by Crippen LogP contribution is 2.10. The molecule has 1 aromatic rings. The van der Waals surface area contributed by atoms with Gasteiger partial charge in [0, 0.05) is 24.5 Å². The minimum Gasteiger partial charge on any atom is -0.314 e. The van der Waals surface area contributed by atoms with Gasteiger partial charge in [-0.1, -0.05) is 20.8 Å². The first-order chi connectivity index (χ1) is 7.97. The molecule has 0 aliphatic heterocycles. The van der Waals surface area contributed by atoms with Crippen LogP contribution in [0.2, 0.25) is 0 Å². The van der Waals surface area contributed by atoms with Crippen LogP contribution >= 0.6 is 11.3 Å². The second kappa shape index (κ2) is 7.09. The van der Waals surface area contributed by atoms with Crippen LogP contribution in [0.1, 0.15) is 31.5 Å². The lowest BCUT2D eigenvalue weighted by Crippen LogP contribution is -2.33. The smallest absolute Gasteiger partial charge is 0.0897 e. The molecular formula is C13H25N3S. The van der Waals surface area contributed by atoms with Gasteiger partial charge in [-0.2, -0.15) is 0 Å². The Morgan fingerprint density at radius 1 is 1.41 bits per heavy atom. The number of aromatic nitrogens is 1. The third-order valence-electron chi connectivity index (χ3n) is 2.60. The maximum absolute atomic E-state index is 4.49. The molecule has 0 bridgehead atoms. The molecule has 1 aromatic heterocycles. The summed E-state index contributed by atoms with van der Waals surface area (Å²) in [5.41, 5.74) is 1.19. The maximum Gasteiger partial charge on any atom is 0.0897 e. The normalized spacial score (nSPS) is 13.6. The van der Waals surface area contributed by atoms with E-state index in [2.05, 4.69) is 55.3 Å². The van der Waals surface area contributed by atoms with E-state index < -0.39 is 0 Å².